The van der Waals surface area contributed by atoms with Crippen LogP contribution in [-0.2, 0) is 4.74 Å². The lowest BCUT2D eigenvalue weighted by Crippen LogP contribution is -2.40. The highest BCUT2D eigenvalue weighted by molar-refractivity contribution is 14.0. The van der Waals surface area contributed by atoms with Crippen LogP contribution >= 0.6 is 24.0 Å². The fourth-order valence-electron chi connectivity index (χ4n) is 2.99. The Morgan fingerprint density at radius 2 is 2.04 bits per heavy atom. The van der Waals surface area contributed by atoms with E-state index in [1.54, 1.807) is 0 Å². The molecule has 1 fully saturated rings. The number of halogens is 1. The van der Waals surface area contributed by atoms with Crippen LogP contribution in [0.15, 0.2) is 29.3 Å². The molecule has 0 aromatic heterocycles. The third-order valence-electron chi connectivity index (χ3n) is 4.53. The van der Waals surface area contributed by atoms with Gasteiger partial charge in [0.1, 0.15) is 0 Å². The van der Waals surface area contributed by atoms with Crippen molar-refractivity contribution in [2.24, 2.45) is 4.99 Å². The molecular weight excluding hydrogens is 439 g/mol. The first kappa shape index (κ1) is 23.2. The number of aliphatic imine (C=N–C) groups is 1. The minimum Gasteiger partial charge on any atom is -0.379 e. The van der Waals surface area contributed by atoms with Crippen molar-refractivity contribution in [2.45, 2.75) is 33.1 Å². The van der Waals surface area contributed by atoms with E-state index in [1.807, 2.05) is 0 Å². The Labute approximate surface area is 176 Å². The van der Waals surface area contributed by atoms with Crippen molar-refractivity contribution in [3.63, 3.8) is 0 Å². The van der Waals surface area contributed by atoms with Gasteiger partial charge in [-0.15, -0.1) is 24.0 Å². The second-order valence-corrected chi connectivity index (χ2v) is 6.77. The lowest BCUT2D eigenvalue weighted by Gasteiger charge is -2.26. The van der Waals surface area contributed by atoms with Gasteiger partial charge < -0.3 is 15.4 Å². The summed E-state index contributed by atoms with van der Waals surface area (Å²) in [4.78, 5) is 7.23. The number of nitrogens with one attached hydrogen (secondary N) is 2. The molecule has 0 spiro atoms. The van der Waals surface area contributed by atoms with Crippen molar-refractivity contribution in [1.82, 2.24) is 15.5 Å². The summed E-state index contributed by atoms with van der Waals surface area (Å²) in [6.45, 7) is 14.1. The standard InChI is InChI=1S/C20H34N4O.HI/c1-4-21-20(22-9-6-10-24-11-13-25-14-12-24)23-16-18(3)19-8-5-7-17(2)15-19;/h5,7-8,15,18H,4,6,9-14,16H2,1-3H3,(H2,21,22,23);1H. The van der Waals surface area contributed by atoms with Gasteiger partial charge >= 0.3 is 0 Å². The SMILES string of the molecule is CCNC(=NCC(C)c1cccc(C)c1)NCCCN1CCOCC1.I. The fourth-order valence-corrected chi connectivity index (χ4v) is 2.99. The van der Waals surface area contributed by atoms with Crippen LogP contribution in [0.5, 0.6) is 0 Å². The van der Waals surface area contributed by atoms with Crippen molar-refractivity contribution in [3.8, 4) is 0 Å². The zero-order chi connectivity index (χ0) is 17.9. The van der Waals surface area contributed by atoms with E-state index < -0.39 is 0 Å². The van der Waals surface area contributed by atoms with E-state index in [9.17, 15) is 0 Å². The molecule has 1 atom stereocenters. The van der Waals surface area contributed by atoms with E-state index >= 15 is 0 Å². The topological polar surface area (TPSA) is 48.9 Å². The molecule has 1 heterocycles. The second kappa shape index (κ2) is 13.3. The Kier molecular flexibility index (Phi) is 11.9. The summed E-state index contributed by atoms with van der Waals surface area (Å²) in [6, 6.07) is 8.71. The summed E-state index contributed by atoms with van der Waals surface area (Å²) in [5.41, 5.74) is 2.66. The van der Waals surface area contributed by atoms with Crippen molar-refractivity contribution >= 4 is 29.9 Å². The summed E-state index contributed by atoms with van der Waals surface area (Å²) in [5.74, 6) is 1.34. The molecule has 1 unspecified atom stereocenters. The molecule has 2 N–H and O–H groups in total. The predicted octanol–water partition coefficient (Wildman–Crippen LogP) is 2.99. The molecule has 6 heteroatoms. The quantitative estimate of drug-likeness (QED) is 0.263. The van der Waals surface area contributed by atoms with Crippen LogP contribution in [0.2, 0.25) is 0 Å². The number of morpholine rings is 1. The third-order valence-corrected chi connectivity index (χ3v) is 4.53. The lowest BCUT2D eigenvalue weighted by molar-refractivity contribution is 0.0376. The molecule has 0 aliphatic carbocycles. The third kappa shape index (κ3) is 8.68. The Hall–Kier alpha value is -0.860. The highest BCUT2D eigenvalue weighted by Gasteiger charge is 2.09. The van der Waals surface area contributed by atoms with E-state index in [0.29, 0.717) is 5.92 Å². The molecule has 1 aliphatic heterocycles. The van der Waals surface area contributed by atoms with Gasteiger partial charge in [-0.05, 0) is 32.4 Å². The number of hydrogen-bond donors (Lipinski definition) is 2. The van der Waals surface area contributed by atoms with Crippen molar-refractivity contribution < 1.29 is 4.74 Å². The maximum atomic E-state index is 5.39. The Bertz CT molecular complexity index is 532. The normalized spacial score (nSPS) is 16.7. The van der Waals surface area contributed by atoms with Crippen LogP contribution in [0.1, 0.15) is 37.3 Å². The fraction of sp³-hybridized carbons (Fsp3) is 0.650. The van der Waals surface area contributed by atoms with Gasteiger partial charge in [0.05, 0.1) is 13.2 Å². The van der Waals surface area contributed by atoms with E-state index in [4.69, 9.17) is 9.73 Å². The number of guanidine groups is 1. The maximum Gasteiger partial charge on any atom is 0.191 e. The minimum atomic E-state index is 0. The molecule has 5 nitrogen and oxygen atoms in total. The zero-order valence-electron chi connectivity index (χ0n) is 16.5. The molecule has 148 valence electrons. The lowest BCUT2D eigenvalue weighted by atomic mass is 10.00. The number of hydrogen-bond acceptors (Lipinski definition) is 3. The number of ether oxygens (including phenoxy) is 1. The zero-order valence-corrected chi connectivity index (χ0v) is 18.8. The van der Waals surface area contributed by atoms with Crippen LogP contribution < -0.4 is 10.6 Å². The predicted molar refractivity (Wildman–Crippen MR) is 121 cm³/mol. The molecule has 1 aliphatic rings. The molecule has 2 rings (SSSR count). The molecule has 1 saturated heterocycles. The van der Waals surface area contributed by atoms with Crippen LogP contribution in [0.4, 0.5) is 0 Å². The van der Waals surface area contributed by atoms with Gasteiger partial charge in [-0.1, -0.05) is 36.8 Å². The molecule has 0 saturated carbocycles. The Morgan fingerprint density at radius 3 is 2.73 bits per heavy atom. The van der Waals surface area contributed by atoms with Gasteiger partial charge in [-0.2, -0.15) is 0 Å². The van der Waals surface area contributed by atoms with Gasteiger partial charge in [-0.3, -0.25) is 9.89 Å². The van der Waals surface area contributed by atoms with Gasteiger partial charge in [-0.25, -0.2) is 0 Å². The van der Waals surface area contributed by atoms with Crippen molar-refractivity contribution in [2.75, 3.05) is 52.5 Å². The van der Waals surface area contributed by atoms with E-state index in [2.05, 4.69) is 60.6 Å². The number of benzene rings is 1. The Morgan fingerprint density at radius 1 is 1.27 bits per heavy atom. The Balaban J connectivity index is 0.00000338. The molecule has 1 aromatic rings. The second-order valence-electron chi connectivity index (χ2n) is 6.77. The number of aryl methyl sites for hydroxylation is 1. The van der Waals surface area contributed by atoms with Crippen LogP contribution in [0.25, 0.3) is 0 Å². The number of rotatable bonds is 8. The highest BCUT2D eigenvalue weighted by atomic mass is 127. The summed E-state index contributed by atoms with van der Waals surface area (Å²) in [7, 11) is 0. The van der Waals surface area contributed by atoms with E-state index in [-0.39, 0.29) is 24.0 Å². The summed E-state index contributed by atoms with van der Waals surface area (Å²) in [5, 5.41) is 6.80. The maximum absolute atomic E-state index is 5.39. The van der Waals surface area contributed by atoms with E-state index in [0.717, 1.165) is 64.9 Å². The average Bonchev–Trinajstić information content (AvgIpc) is 2.63. The van der Waals surface area contributed by atoms with Gasteiger partial charge in [0.15, 0.2) is 5.96 Å². The molecule has 0 bridgehead atoms. The minimum absolute atomic E-state index is 0. The molecule has 26 heavy (non-hydrogen) atoms. The molecule has 0 amide bonds. The monoisotopic (exact) mass is 474 g/mol. The first-order chi connectivity index (χ1) is 12.2. The van der Waals surface area contributed by atoms with Crippen LogP contribution in [0, 0.1) is 6.92 Å². The van der Waals surface area contributed by atoms with Crippen molar-refractivity contribution in [3.05, 3.63) is 35.4 Å². The van der Waals surface area contributed by atoms with Crippen LogP contribution in [0.3, 0.4) is 0 Å². The summed E-state index contributed by atoms with van der Waals surface area (Å²) >= 11 is 0. The van der Waals surface area contributed by atoms with E-state index in [1.165, 1.54) is 11.1 Å². The number of nitrogens with zero attached hydrogens (tertiary/aromatic N) is 2. The van der Waals surface area contributed by atoms with Crippen LogP contribution in [-0.4, -0.2) is 63.3 Å². The molecule has 1 aromatic carbocycles. The summed E-state index contributed by atoms with van der Waals surface area (Å²) in [6.07, 6.45) is 1.12. The van der Waals surface area contributed by atoms with Crippen molar-refractivity contribution in [1.29, 1.82) is 0 Å². The summed E-state index contributed by atoms with van der Waals surface area (Å²) < 4.78 is 5.39. The molecule has 0 radical (unpaired) electrons. The van der Waals surface area contributed by atoms with Gasteiger partial charge in [0.25, 0.3) is 0 Å². The van der Waals surface area contributed by atoms with Gasteiger partial charge in [0, 0.05) is 38.6 Å². The average molecular weight is 474 g/mol. The first-order valence-electron chi connectivity index (χ1n) is 9.58. The van der Waals surface area contributed by atoms with Gasteiger partial charge in [0.2, 0.25) is 0 Å². The largest absolute Gasteiger partial charge is 0.379 e. The first-order valence-corrected chi connectivity index (χ1v) is 9.58. The molecular formula is C20H35IN4O. The highest BCUT2D eigenvalue weighted by Crippen LogP contribution is 2.16. The smallest absolute Gasteiger partial charge is 0.191 e.